The van der Waals surface area contributed by atoms with Gasteiger partial charge >= 0.3 is 12.1 Å². The van der Waals surface area contributed by atoms with Crippen molar-refractivity contribution in [2.45, 2.75) is 71.4 Å². The Morgan fingerprint density at radius 2 is 1.91 bits per heavy atom. The van der Waals surface area contributed by atoms with Gasteiger partial charge in [0.2, 0.25) is 5.95 Å². The normalized spacial score (nSPS) is 22.2. The van der Waals surface area contributed by atoms with Gasteiger partial charge in [-0.05, 0) is 71.4 Å². The lowest BCUT2D eigenvalue weighted by atomic mass is 9.86. The van der Waals surface area contributed by atoms with Crippen LogP contribution in [-0.4, -0.2) is 50.1 Å². The molecule has 10 heteroatoms. The van der Waals surface area contributed by atoms with Crippen LogP contribution in [0, 0.1) is 19.8 Å². The van der Waals surface area contributed by atoms with Crippen LogP contribution in [0.1, 0.15) is 62.0 Å². The quantitative estimate of drug-likeness (QED) is 0.488. The third kappa shape index (κ3) is 3.90. The molecule has 1 aromatic carbocycles. The Labute approximate surface area is 203 Å². The standard InChI is InChI=1S/C25H32N6O4/c1-13-5-10-18-19(30(13)25(34)35-4)11-12-20-22(18)27-24(26-21-14(2)28-29-15(21)3)31(20)17-8-6-16(7-9-17)23(32)33/h11-13,16-17H,5-10H2,1-4H3,(H,26,27)(H,28,29)(H,32,33)/t13-,16?,17?/m0/s1. The Kier molecular flexibility index (Phi) is 5.90. The van der Waals surface area contributed by atoms with E-state index in [1.54, 1.807) is 4.90 Å². The average molecular weight is 481 g/mol. The largest absolute Gasteiger partial charge is 0.481 e. The van der Waals surface area contributed by atoms with Crippen LogP contribution in [0.4, 0.5) is 22.1 Å². The molecule has 0 unspecified atom stereocenters. The summed E-state index contributed by atoms with van der Waals surface area (Å²) in [7, 11) is 1.40. The molecule has 1 fully saturated rings. The zero-order chi connectivity index (χ0) is 24.9. The monoisotopic (exact) mass is 480 g/mol. The summed E-state index contributed by atoms with van der Waals surface area (Å²) in [6.45, 7) is 5.93. The van der Waals surface area contributed by atoms with Gasteiger partial charge in [-0.3, -0.25) is 14.8 Å². The molecule has 0 spiro atoms. The second-order valence-corrected chi connectivity index (χ2v) is 9.74. The van der Waals surface area contributed by atoms with Gasteiger partial charge in [0, 0.05) is 17.6 Å². The molecule has 3 N–H and O–H groups in total. The summed E-state index contributed by atoms with van der Waals surface area (Å²) in [6, 6.07) is 4.18. The predicted molar refractivity (Wildman–Crippen MR) is 132 cm³/mol. The van der Waals surface area contributed by atoms with Crippen LogP contribution in [0.3, 0.4) is 0 Å². The zero-order valence-electron chi connectivity index (χ0n) is 20.6. The molecule has 1 aliphatic heterocycles. The number of aliphatic carboxylic acids is 1. The van der Waals surface area contributed by atoms with Crippen molar-refractivity contribution in [1.29, 1.82) is 0 Å². The Hall–Kier alpha value is -3.56. The van der Waals surface area contributed by atoms with E-state index in [4.69, 9.17) is 9.72 Å². The topological polar surface area (TPSA) is 125 Å². The number of methoxy groups -OCH3 is 1. The number of aromatic nitrogens is 4. The van der Waals surface area contributed by atoms with Gasteiger partial charge in [0.25, 0.3) is 0 Å². The fourth-order valence-electron chi connectivity index (χ4n) is 5.66. The van der Waals surface area contributed by atoms with Gasteiger partial charge in [0.1, 0.15) is 0 Å². The highest BCUT2D eigenvalue weighted by atomic mass is 16.5. The number of fused-ring (bicyclic) bond motifs is 3. The van der Waals surface area contributed by atoms with Gasteiger partial charge in [-0.15, -0.1) is 0 Å². The number of ether oxygens (including phenoxy) is 1. The molecular formula is C25H32N6O4. The third-order valence-electron chi connectivity index (χ3n) is 7.60. The fourth-order valence-corrected chi connectivity index (χ4v) is 5.66. The fraction of sp³-hybridized carbons (Fsp3) is 0.520. The number of aryl methyl sites for hydroxylation is 3. The van der Waals surface area contributed by atoms with Gasteiger partial charge in [0.15, 0.2) is 0 Å². The summed E-state index contributed by atoms with van der Waals surface area (Å²) < 4.78 is 7.29. The number of amides is 1. The Balaban J connectivity index is 1.63. The second-order valence-electron chi connectivity index (χ2n) is 9.74. The molecule has 1 atom stereocenters. The number of nitrogens with one attached hydrogen (secondary N) is 2. The number of benzene rings is 1. The number of carbonyl (C=O) groups is 2. The lowest BCUT2D eigenvalue weighted by Gasteiger charge is -2.34. The van der Waals surface area contributed by atoms with Crippen molar-refractivity contribution in [3.05, 3.63) is 29.1 Å². The molecular weight excluding hydrogens is 448 g/mol. The van der Waals surface area contributed by atoms with E-state index in [2.05, 4.69) is 20.1 Å². The van der Waals surface area contributed by atoms with E-state index >= 15 is 0 Å². The summed E-state index contributed by atoms with van der Waals surface area (Å²) in [6.07, 6.45) is 4.08. The molecule has 2 aliphatic rings. The molecule has 2 aromatic heterocycles. The first-order chi connectivity index (χ1) is 16.8. The summed E-state index contributed by atoms with van der Waals surface area (Å²) in [5.74, 6) is -0.297. The molecule has 0 bridgehead atoms. The van der Waals surface area contributed by atoms with E-state index in [0.717, 1.165) is 65.0 Å². The van der Waals surface area contributed by atoms with Crippen molar-refractivity contribution >= 4 is 40.4 Å². The first-order valence-electron chi connectivity index (χ1n) is 12.2. The maximum atomic E-state index is 12.6. The lowest BCUT2D eigenvalue weighted by molar-refractivity contribution is -0.143. The number of hydrogen-bond acceptors (Lipinski definition) is 6. The van der Waals surface area contributed by atoms with Crippen LogP contribution in [0.5, 0.6) is 0 Å². The minimum Gasteiger partial charge on any atom is -0.481 e. The predicted octanol–water partition coefficient (Wildman–Crippen LogP) is 4.84. The van der Waals surface area contributed by atoms with Crippen LogP contribution in [0.15, 0.2) is 12.1 Å². The van der Waals surface area contributed by atoms with E-state index < -0.39 is 5.97 Å². The third-order valence-corrected chi connectivity index (χ3v) is 7.60. The van der Waals surface area contributed by atoms with Crippen LogP contribution < -0.4 is 10.2 Å². The van der Waals surface area contributed by atoms with Crippen molar-refractivity contribution in [3.63, 3.8) is 0 Å². The first kappa shape index (κ1) is 23.2. The van der Waals surface area contributed by atoms with Gasteiger partial charge in [-0.25, -0.2) is 9.78 Å². The van der Waals surface area contributed by atoms with Gasteiger partial charge in [-0.1, -0.05) is 0 Å². The summed E-state index contributed by atoms with van der Waals surface area (Å²) >= 11 is 0. The number of aromatic amines is 1. The number of carboxylic acid groups (broad SMARTS) is 1. The smallest absolute Gasteiger partial charge is 0.414 e. The summed E-state index contributed by atoms with van der Waals surface area (Å²) in [5.41, 5.74) is 6.39. The zero-order valence-corrected chi connectivity index (χ0v) is 20.6. The summed E-state index contributed by atoms with van der Waals surface area (Å²) in [4.78, 5) is 30.9. The van der Waals surface area contributed by atoms with Gasteiger partial charge < -0.3 is 19.7 Å². The Morgan fingerprint density at radius 3 is 2.54 bits per heavy atom. The highest BCUT2D eigenvalue weighted by molar-refractivity contribution is 5.96. The molecule has 3 aromatic rings. The summed E-state index contributed by atoms with van der Waals surface area (Å²) in [5, 5.41) is 20.3. The lowest BCUT2D eigenvalue weighted by Crippen LogP contribution is -2.42. The molecule has 0 saturated heterocycles. The van der Waals surface area contributed by atoms with E-state index in [0.29, 0.717) is 18.8 Å². The van der Waals surface area contributed by atoms with Crippen molar-refractivity contribution in [2.24, 2.45) is 5.92 Å². The molecule has 5 rings (SSSR count). The number of nitrogens with zero attached hydrogens (tertiary/aromatic N) is 4. The molecule has 1 amide bonds. The van der Waals surface area contributed by atoms with E-state index in [-0.39, 0.29) is 24.1 Å². The molecule has 35 heavy (non-hydrogen) atoms. The number of H-pyrrole nitrogens is 1. The number of anilines is 3. The molecule has 1 saturated carbocycles. The Morgan fingerprint density at radius 1 is 1.17 bits per heavy atom. The van der Waals surface area contributed by atoms with E-state index in [9.17, 15) is 14.7 Å². The van der Waals surface area contributed by atoms with Crippen LogP contribution in [0.2, 0.25) is 0 Å². The second kappa shape index (κ2) is 8.90. The number of carboxylic acids is 1. The van der Waals surface area contributed by atoms with E-state index in [1.807, 2.05) is 32.9 Å². The highest BCUT2D eigenvalue weighted by Crippen LogP contribution is 2.42. The molecule has 3 heterocycles. The van der Waals surface area contributed by atoms with E-state index in [1.165, 1.54) is 7.11 Å². The maximum Gasteiger partial charge on any atom is 0.414 e. The van der Waals surface area contributed by atoms with Crippen molar-refractivity contribution in [3.8, 4) is 0 Å². The number of hydrogen-bond donors (Lipinski definition) is 3. The van der Waals surface area contributed by atoms with Gasteiger partial charge in [-0.2, -0.15) is 5.10 Å². The SMILES string of the molecule is COC(=O)N1c2ccc3c(nc(Nc4c(C)n[nH]c4C)n3C3CCC(C(=O)O)CC3)c2CC[C@@H]1C. The first-order valence-corrected chi connectivity index (χ1v) is 12.2. The minimum atomic E-state index is -0.715. The molecule has 0 radical (unpaired) electrons. The minimum absolute atomic E-state index is 0.0367. The molecule has 10 nitrogen and oxygen atoms in total. The molecule has 1 aliphatic carbocycles. The number of imidazole rings is 1. The highest BCUT2D eigenvalue weighted by Gasteiger charge is 2.34. The average Bonchev–Trinajstić information content (AvgIpc) is 3.38. The molecule has 186 valence electrons. The number of carbonyl (C=O) groups excluding carboxylic acids is 1. The number of rotatable bonds is 4. The van der Waals surface area contributed by atoms with Crippen molar-refractivity contribution < 1.29 is 19.4 Å². The maximum absolute atomic E-state index is 12.6. The van der Waals surface area contributed by atoms with Crippen LogP contribution in [0.25, 0.3) is 11.0 Å². The van der Waals surface area contributed by atoms with Crippen LogP contribution in [-0.2, 0) is 16.0 Å². The van der Waals surface area contributed by atoms with Gasteiger partial charge in [0.05, 0.1) is 46.8 Å². The van der Waals surface area contributed by atoms with Crippen molar-refractivity contribution in [1.82, 2.24) is 19.7 Å². The Bertz CT molecular complexity index is 1270. The van der Waals surface area contributed by atoms with Crippen molar-refractivity contribution in [2.75, 3.05) is 17.3 Å². The van der Waals surface area contributed by atoms with Crippen LogP contribution >= 0.6 is 0 Å².